The lowest BCUT2D eigenvalue weighted by atomic mass is 9.96. The largest absolute Gasteiger partial charge is 0.396 e. The summed E-state index contributed by atoms with van der Waals surface area (Å²) < 4.78 is 0. The lowest BCUT2D eigenvalue weighted by Crippen LogP contribution is -2.36. The van der Waals surface area contributed by atoms with Crippen LogP contribution in [0.3, 0.4) is 0 Å². The van der Waals surface area contributed by atoms with Crippen molar-refractivity contribution in [2.45, 2.75) is 26.7 Å². The standard InChI is InChI=1S/C20H33N3O2S/c1-4-18-15(2)26-14-19(18)20(25)23-11-16(17(12-23)13-24)10-22-7-5-6-21(3)8-9-22/h14,16-17,24H,4-13H2,1-3H3. The zero-order chi connectivity index (χ0) is 18.7. The number of thiophene rings is 1. The molecule has 2 aliphatic rings. The van der Waals surface area contributed by atoms with Crippen LogP contribution in [0.5, 0.6) is 0 Å². The van der Waals surface area contributed by atoms with Crippen LogP contribution in [0, 0.1) is 18.8 Å². The Labute approximate surface area is 161 Å². The van der Waals surface area contributed by atoms with Crippen LogP contribution in [0.2, 0.25) is 0 Å². The molecule has 2 aliphatic heterocycles. The van der Waals surface area contributed by atoms with Crippen molar-refractivity contribution < 1.29 is 9.90 Å². The fourth-order valence-corrected chi connectivity index (χ4v) is 5.34. The highest BCUT2D eigenvalue weighted by atomic mass is 32.1. The topological polar surface area (TPSA) is 47.0 Å². The summed E-state index contributed by atoms with van der Waals surface area (Å²) in [6, 6.07) is 0. The Bertz CT molecular complexity index is 618. The number of aliphatic hydroxyl groups is 1. The van der Waals surface area contributed by atoms with E-state index in [4.69, 9.17) is 0 Å². The van der Waals surface area contributed by atoms with Gasteiger partial charge in [0.25, 0.3) is 5.91 Å². The Kier molecular flexibility index (Phi) is 6.72. The molecule has 6 heteroatoms. The van der Waals surface area contributed by atoms with E-state index in [1.165, 1.54) is 16.9 Å². The Hall–Kier alpha value is -0.950. The summed E-state index contributed by atoms with van der Waals surface area (Å²) in [5.41, 5.74) is 2.07. The number of hydrogen-bond acceptors (Lipinski definition) is 5. The van der Waals surface area contributed by atoms with E-state index in [0.29, 0.717) is 12.5 Å². The molecule has 0 aliphatic carbocycles. The molecule has 3 rings (SSSR count). The van der Waals surface area contributed by atoms with Gasteiger partial charge in [0.15, 0.2) is 0 Å². The summed E-state index contributed by atoms with van der Waals surface area (Å²) >= 11 is 1.67. The molecule has 5 nitrogen and oxygen atoms in total. The number of rotatable bonds is 5. The van der Waals surface area contributed by atoms with Crippen LogP contribution in [-0.4, -0.2) is 85.2 Å². The fraction of sp³-hybridized carbons (Fsp3) is 0.750. The van der Waals surface area contributed by atoms with Crippen molar-refractivity contribution in [2.24, 2.45) is 11.8 Å². The number of likely N-dealkylation sites (tertiary alicyclic amines) is 1. The van der Waals surface area contributed by atoms with Crippen LogP contribution >= 0.6 is 11.3 Å². The Morgan fingerprint density at radius 3 is 2.73 bits per heavy atom. The van der Waals surface area contributed by atoms with Crippen molar-refractivity contribution in [3.63, 3.8) is 0 Å². The number of aryl methyl sites for hydroxylation is 1. The van der Waals surface area contributed by atoms with Crippen molar-refractivity contribution >= 4 is 17.2 Å². The maximum Gasteiger partial charge on any atom is 0.255 e. The van der Waals surface area contributed by atoms with Crippen LogP contribution < -0.4 is 0 Å². The highest BCUT2D eigenvalue weighted by molar-refractivity contribution is 7.10. The number of aliphatic hydroxyl groups excluding tert-OH is 1. The first-order valence-electron chi connectivity index (χ1n) is 9.91. The minimum Gasteiger partial charge on any atom is -0.396 e. The Morgan fingerprint density at radius 1 is 1.23 bits per heavy atom. The number of likely N-dealkylation sites (N-methyl/N-ethyl adjacent to an activating group) is 1. The van der Waals surface area contributed by atoms with E-state index in [2.05, 4.69) is 30.7 Å². The van der Waals surface area contributed by atoms with Gasteiger partial charge in [-0.2, -0.15) is 0 Å². The summed E-state index contributed by atoms with van der Waals surface area (Å²) in [5, 5.41) is 11.9. The third kappa shape index (κ3) is 4.30. The van der Waals surface area contributed by atoms with Crippen molar-refractivity contribution in [3.05, 3.63) is 21.4 Å². The molecule has 0 bridgehead atoms. The molecule has 2 fully saturated rings. The summed E-state index contributed by atoms with van der Waals surface area (Å²) in [6.45, 7) is 11.3. The van der Waals surface area contributed by atoms with Crippen LogP contribution in [0.15, 0.2) is 5.38 Å². The summed E-state index contributed by atoms with van der Waals surface area (Å²) in [4.78, 5) is 21.2. The van der Waals surface area contributed by atoms with Crippen molar-refractivity contribution in [2.75, 3.05) is 59.5 Å². The second-order valence-corrected chi connectivity index (χ2v) is 8.99. The van der Waals surface area contributed by atoms with Crippen LogP contribution in [0.4, 0.5) is 0 Å². The van der Waals surface area contributed by atoms with Crippen molar-refractivity contribution in [1.82, 2.24) is 14.7 Å². The van der Waals surface area contributed by atoms with Gasteiger partial charge in [-0.3, -0.25) is 4.79 Å². The number of nitrogens with zero attached hydrogens (tertiary/aromatic N) is 3. The first-order valence-corrected chi connectivity index (χ1v) is 10.8. The van der Waals surface area contributed by atoms with Crippen LogP contribution in [0.1, 0.15) is 34.1 Å². The third-order valence-corrected chi connectivity index (χ3v) is 7.04. The lowest BCUT2D eigenvalue weighted by molar-refractivity contribution is 0.0778. The van der Waals surface area contributed by atoms with E-state index in [1.807, 2.05) is 10.3 Å². The predicted octanol–water partition coefficient (Wildman–Crippen LogP) is 1.94. The average molecular weight is 380 g/mol. The highest BCUT2D eigenvalue weighted by Gasteiger charge is 2.36. The van der Waals surface area contributed by atoms with E-state index < -0.39 is 0 Å². The van der Waals surface area contributed by atoms with Gasteiger partial charge in [0.2, 0.25) is 0 Å². The molecule has 2 atom stereocenters. The van der Waals surface area contributed by atoms with Gasteiger partial charge in [-0.05, 0) is 51.4 Å². The molecule has 146 valence electrons. The highest BCUT2D eigenvalue weighted by Crippen LogP contribution is 2.29. The molecule has 3 heterocycles. The molecule has 0 spiro atoms. The number of hydrogen-bond donors (Lipinski definition) is 1. The second-order valence-electron chi connectivity index (χ2n) is 7.91. The van der Waals surface area contributed by atoms with Crippen molar-refractivity contribution in [1.29, 1.82) is 0 Å². The van der Waals surface area contributed by atoms with Gasteiger partial charge in [0, 0.05) is 55.5 Å². The zero-order valence-corrected chi connectivity index (χ0v) is 17.2. The van der Waals surface area contributed by atoms with Gasteiger partial charge in [0.05, 0.1) is 5.56 Å². The molecule has 1 amide bonds. The van der Waals surface area contributed by atoms with Gasteiger partial charge in [-0.15, -0.1) is 11.3 Å². The van der Waals surface area contributed by atoms with Crippen LogP contribution in [-0.2, 0) is 6.42 Å². The Morgan fingerprint density at radius 2 is 2.00 bits per heavy atom. The molecular formula is C20H33N3O2S. The first kappa shape index (κ1) is 19.8. The summed E-state index contributed by atoms with van der Waals surface area (Å²) in [6.07, 6.45) is 2.10. The molecule has 0 radical (unpaired) electrons. The average Bonchev–Trinajstić information content (AvgIpc) is 3.15. The summed E-state index contributed by atoms with van der Waals surface area (Å²) in [7, 11) is 2.18. The molecule has 0 aromatic carbocycles. The van der Waals surface area contributed by atoms with E-state index in [-0.39, 0.29) is 18.4 Å². The number of carbonyl (C=O) groups excluding carboxylic acids is 1. The maximum absolute atomic E-state index is 13.1. The van der Waals surface area contributed by atoms with Gasteiger partial charge in [-0.1, -0.05) is 6.92 Å². The molecule has 0 saturated carbocycles. The smallest absolute Gasteiger partial charge is 0.255 e. The zero-order valence-electron chi connectivity index (χ0n) is 16.4. The number of amides is 1. The normalized spacial score (nSPS) is 25.6. The molecular weight excluding hydrogens is 346 g/mol. The molecule has 1 N–H and O–H groups in total. The molecule has 26 heavy (non-hydrogen) atoms. The second kappa shape index (κ2) is 8.83. The monoisotopic (exact) mass is 379 g/mol. The molecule has 1 aromatic rings. The molecule has 2 unspecified atom stereocenters. The molecule has 1 aromatic heterocycles. The van der Waals surface area contributed by atoms with Crippen molar-refractivity contribution in [3.8, 4) is 0 Å². The first-order chi connectivity index (χ1) is 12.5. The van der Waals surface area contributed by atoms with E-state index in [9.17, 15) is 9.90 Å². The minimum absolute atomic E-state index is 0.155. The fourth-order valence-electron chi connectivity index (χ4n) is 4.40. The van der Waals surface area contributed by atoms with E-state index >= 15 is 0 Å². The quantitative estimate of drug-likeness (QED) is 0.849. The maximum atomic E-state index is 13.1. The lowest BCUT2D eigenvalue weighted by Gasteiger charge is -2.26. The molecule has 2 saturated heterocycles. The van der Waals surface area contributed by atoms with Gasteiger partial charge in [-0.25, -0.2) is 0 Å². The third-order valence-electron chi connectivity index (χ3n) is 6.09. The number of carbonyl (C=O) groups is 1. The predicted molar refractivity (Wildman–Crippen MR) is 107 cm³/mol. The Balaban J connectivity index is 1.65. The van der Waals surface area contributed by atoms with Gasteiger partial charge in [0.1, 0.15) is 0 Å². The van der Waals surface area contributed by atoms with E-state index in [0.717, 1.165) is 51.3 Å². The summed E-state index contributed by atoms with van der Waals surface area (Å²) in [5.74, 6) is 0.727. The van der Waals surface area contributed by atoms with E-state index in [1.54, 1.807) is 11.3 Å². The van der Waals surface area contributed by atoms with Gasteiger partial charge >= 0.3 is 0 Å². The minimum atomic E-state index is 0.155. The van der Waals surface area contributed by atoms with Crippen LogP contribution in [0.25, 0.3) is 0 Å². The SMILES string of the molecule is CCc1c(C(=O)N2CC(CO)C(CN3CCCN(C)CC3)C2)csc1C. The van der Waals surface area contributed by atoms with Gasteiger partial charge < -0.3 is 19.8 Å².